The van der Waals surface area contributed by atoms with E-state index in [9.17, 15) is 14.0 Å². The van der Waals surface area contributed by atoms with Gasteiger partial charge >= 0.3 is 0 Å². The normalized spacial score (nSPS) is 18.3. The van der Waals surface area contributed by atoms with Crippen molar-refractivity contribution in [3.63, 3.8) is 0 Å². The number of benzene rings is 3. The molecule has 0 radical (unpaired) electrons. The Morgan fingerprint density at radius 2 is 1.53 bits per heavy atom. The van der Waals surface area contributed by atoms with E-state index >= 15 is 0 Å². The molecular weight excluding hydrogens is 547 g/mol. The van der Waals surface area contributed by atoms with Crippen molar-refractivity contribution in [2.75, 3.05) is 16.4 Å². The Kier molecular flexibility index (Phi) is 6.91. The van der Waals surface area contributed by atoms with E-state index in [0.29, 0.717) is 22.6 Å². The molecule has 1 aliphatic carbocycles. The van der Waals surface area contributed by atoms with Crippen LogP contribution in [0, 0.1) is 11.7 Å². The predicted octanol–water partition coefficient (Wildman–Crippen LogP) is 7.15. The minimum atomic E-state index is -1.40. The Morgan fingerprint density at radius 1 is 0.853 bits per heavy atom. The number of nitrogens with one attached hydrogen (secondary N) is 2. The maximum absolute atomic E-state index is 13.5. The number of halogens is 6. The molecule has 4 rings (SSSR count). The Hall–Kier alpha value is -2.22. The first-order valence-corrected chi connectivity index (χ1v) is 11.7. The van der Waals surface area contributed by atoms with Gasteiger partial charge < -0.3 is 16.4 Å². The molecule has 0 unspecified atom stereocenters. The first-order chi connectivity index (χ1) is 16.0. The van der Waals surface area contributed by atoms with Crippen LogP contribution in [0.2, 0.25) is 15.1 Å². The fourth-order valence-corrected chi connectivity index (χ4v) is 4.97. The summed E-state index contributed by atoms with van der Waals surface area (Å²) < 4.78 is 12.1. The van der Waals surface area contributed by atoms with Crippen molar-refractivity contribution in [3.05, 3.63) is 86.6 Å². The van der Waals surface area contributed by atoms with Crippen molar-refractivity contribution in [1.82, 2.24) is 0 Å². The van der Waals surface area contributed by atoms with E-state index in [1.807, 2.05) is 0 Å². The summed E-state index contributed by atoms with van der Waals surface area (Å²) in [4.78, 5) is 25.7. The van der Waals surface area contributed by atoms with Gasteiger partial charge in [0.2, 0.25) is 5.91 Å². The zero-order valence-electron chi connectivity index (χ0n) is 17.0. The average molecular weight is 562 g/mol. The summed E-state index contributed by atoms with van der Waals surface area (Å²) in [5.41, 5.74) is 7.44. The smallest absolute Gasteiger partial charge is 0.257 e. The molecule has 1 fully saturated rings. The molecule has 11 heteroatoms. The lowest BCUT2D eigenvalue weighted by atomic mass is 10.1. The first-order valence-electron chi connectivity index (χ1n) is 9.78. The summed E-state index contributed by atoms with van der Waals surface area (Å²) in [7, 11) is 0. The number of hydrogen-bond donors (Lipinski definition) is 3. The highest BCUT2D eigenvalue weighted by Crippen LogP contribution is 2.65. The van der Waals surface area contributed by atoms with Crippen LogP contribution in [0.5, 0.6) is 0 Å². The third kappa shape index (κ3) is 4.92. The summed E-state index contributed by atoms with van der Waals surface area (Å²) in [5, 5.41) is 5.74. The van der Waals surface area contributed by atoms with Gasteiger partial charge in [0, 0.05) is 17.3 Å². The zero-order chi connectivity index (χ0) is 24.8. The first kappa shape index (κ1) is 24.9. The molecule has 0 aromatic heterocycles. The fraction of sp³-hybridized carbons (Fsp3) is 0.130. The number of anilines is 3. The number of nitrogen functional groups attached to an aromatic ring is 1. The SMILES string of the molecule is Nc1ccc(NC(=O)c2cc(NC(=O)[C@H]3[C@H](c4ccc(F)c(Cl)c4)C3(Cl)Cl)ccc2Cl)cc1Cl. The van der Waals surface area contributed by atoms with Crippen LogP contribution in [0.15, 0.2) is 54.6 Å². The highest BCUT2D eigenvalue weighted by molar-refractivity contribution is 6.53. The molecule has 176 valence electrons. The van der Waals surface area contributed by atoms with E-state index < -0.39 is 33.8 Å². The van der Waals surface area contributed by atoms with E-state index in [1.165, 1.54) is 42.5 Å². The van der Waals surface area contributed by atoms with Gasteiger partial charge in [-0.2, -0.15) is 0 Å². The zero-order valence-corrected chi connectivity index (χ0v) is 20.8. The van der Waals surface area contributed by atoms with Crippen molar-refractivity contribution in [3.8, 4) is 0 Å². The number of carbonyl (C=O) groups is 2. The molecule has 0 spiro atoms. The molecule has 0 saturated heterocycles. The molecule has 1 aliphatic rings. The minimum absolute atomic E-state index is 0.0940. The van der Waals surface area contributed by atoms with Gasteiger partial charge in [0.15, 0.2) is 0 Å². The number of alkyl halides is 2. The van der Waals surface area contributed by atoms with E-state index in [1.54, 1.807) is 12.1 Å². The largest absolute Gasteiger partial charge is 0.398 e. The number of carbonyl (C=O) groups excluding carboxylic acids is 2. The van der Waals surface area contributed by atoms with E-state index in [4.69, 9.17) is 63.7 Å². The van der Waals surface area contributed by atoms with E-state index in [0.717, 1.165) is 0 Å². The Bertz CT molecular complexity index is 1320. The Morgan fingerprint density at radius 3 is 2.21 bits per heavy atom. The molecule has 34 heavy (non-hydrogen) atoms. The predicted molar refractivity (Wildman–Crippen MR) is 136 cm³/mol. The fourth-order valence-electron chi connectivity index (χ4n) is 3.57. The van der Waals surface area contributed by atoms with Gasteiger partial charge in [-0.15, -0.1) is 23.2 Å². The Labute approximate surface area is 219 Å². The second-order valence-electron chi connectivity index (χ2n) is 7.68. The summed E-state index contributed by atoms with van der Waals surface area (Å²) >= 11 is 30.7. The van der Waals surface area contributed by atoms with Crippen molar-refractivity contribution >= 4 is 86.9 Å². The van der Waals surface area contributed by atoms with Crippen molar-refractivity contribution < 1.29 is 14.0 Å². The molecule has 2 atom stereocenters. The van der Waals surface area contributed by atoms with Gasteiger partial charge in [-0.05, 0) is 54.1 Å². The molecule has 3 aromatic carbocycles. The van der Waals surface area contributed by atoms with Crippen LogP contribution in [0.3, 0.4) is 0 Å². The highest BCUT2D eigenvalue weighted by Gasteiger charge is 2.67. The number of nitrogens with two attached hydrogens (primary N) is 1. The van der Waals surface area contributed by atoms with Crippen LogP contribution in [-0.4, -0.2) is 16.1 Å². The summed E-state index contributed by atoms with van der Waals surface area (Å²) in [6, 6.07) is 13.1. The van der Waals surface area contributed by atoms with Gasteiger partial charge in [0.25, 0.3) is 5.91 Å². The molecular formula is C23H15Cl5FN3O2. The molecule has 3 aromatic rings. The molecule has 0 aliphatic heterocycles. The van der Waals surface area contributed by atoms with Crippen LogP contribution in [0.4, 0.5) is 21.5 Å². The van der Waals surface area contributed by atoms with Crippen molar-refractivity contribution in [2.24, 2.45) is 5.92 Å². The van der Waals surface area contributed by atoms with E-state index in [-0.39, 0.29) is 20.6 Å². The second kappa shape index (κ2) is 9.44. The summed E-state index contributed by atoms with van der Waals surface area (Å²) in [6.07, 6.45) is 0. The number of hydrogen-bond acceptors (Lipinski definition) is 3. The van der Waals surface area contributed by atoms with Crippen LogP contribution < -0.4 is 16.4 Å². The lowest BCUT2D eigenvalue weighted by molar-refractivity contribution is -0.117. The quantitative estimate of drug-likeness (QED) is 0.229. The van der Waals surface area contributed by atoms with Crippen LogP contribution in [0.25, 0.3) is 0 Å². The molecule has 0 heterocycles. The maximum Gasteiger partial charge on any atom is 0.257 e. The topological polar surface area (TPSA) is 84.2 Å². The van der Waals surface area contributed by atoms with Crippen molar-refractivity contribution in [1.29, 1.82) is 0 Å². The van der Waals surface area contributed by atoms with Crippen molar-refractivity contribution in [2.45, 2.75) is 10.3 Å². The lowest BCUT2D eigenvalue weighted by Crippen LogP contribution is -2.18. The van der Waals surface area contributed by atoms with Crippen LogP contribution in [0.1, 0.15) is 21.8 Å². The van der Waals surface area contributed by atoms with Gasteiger partial charge in [0.05, 0.1) is 32.2 Å². The molecule has 4 N–H and O–H groups in total. The molecule has 5 nitrogen and oxygen atoms in total. The lowest BCUT2D eigenvalue weighted by Gasteiger charge is -2.11. The van der Waals surface area contributed by atoms with Gasteiger partial charge in [0.1, 0.15) is 10.2 Å². The Balaban J connectivity index is 1.50. The molecule has 1 saturated carbocycles. The second-order valence-corrected chi connectivity index (χ2v) is 10.3. The molecule has 0 bridgehead atoms. The number of rotatable bonds is 5. The summed E-state index contributed by atoms with van der Waals surface area (Å²) in [6.45, 7) is 0. The minimum Gasteiger partial charge on any atom is -0.398 e. The number of amides is 2. The van der Waals surface area contributed by atoms with Gasteiger partial charge in [-0.3, -0.25) is 9.59 Å². The third-order valence-corrected chi connectivity index (χ3v) is 7.26. The maximum atomic E-state index is 13.5. The van der Waals surface area contributed by atoms with Crippen LogP contribution in [-0.2, 0) is 4.79 Å². The van der Waals surface area contributed by atoms with E-state index in [2.05, 4.69) is 10.6 Å². The highest BCUT2D eigenvalue weighted by atomic mass is 35.5. The van der Waals surface area contributed by atoms with Gasteiger partial charge in [-0.1, -0.05) is 40.9 Å². The third-order valence-electron chi connectivity index (χ3n) is 5.38. The van der Waals surface area contributed by atoms with Gasteiger partial charge in [-0.25, -0.2) is 4.39 Å². The standard InChI is InChI=1S/C23H15Cl5FN3O2/c24-14-4-2-11(8-13(14)21(33)31-12-3-6-18(30)16(26)9-12)32-22(34)20-19(23(20,27)28)10-1-5-17(29)15(25)7-10/h1-9,19-20H,30H2,(H,31,33)(H,32,34)/t19-,20+/m0/s1. The van der Waals surface area contributed by atoms with Crippen LogP contribution >= 0.6 is 58.0 Å². The monoisotopic (exact) mass is 559 g/mol. The average Bonchev–Trinajstić information content (AvgIpc) is 3.36. The molecule has 2 amide bonds. The summed E-state index contributed by atoms with van der Waals surface area (Å²) in [5.74, 6) is -2.98.